The average Bonchev–Trinajstić information content (AvgIpc) is 3.21. The Morgan fingerprint density at radius 2 is 1.50 bits per heavy atom. The zero-order valence-corrected chi connectivity index (χ0v) is 11.9. The first-order chi connectivity index (χ1) is 10.7. The van der Waals surface area contributed by atoms with Crippen LogP contribution in [-0.2, 0) is 14.3 Å². The van der Waals surface area contributed by atoms with E-state index in [1.54, 1.807) is 0 Å². The molecule has 4 unspecified atom stereocenters. The Kier molecular flexibility index (Phi) is 2.34. The van der Waals surface area contributed by atoms with Crippen molar-refractivity contribution in [2.75, 3.05) is 4.90 Å². The lowest BCUT2D eigenvalue weighted by atomic mass is 9.81. The van der Waals surface area contributed by atoms with Gasteiger partial charge in [-0.1, -0.05) is 30.3 Å². The lowest BCUT2D eigenvalue weighted by molar-refractivity contribution is -0.124. The molecule has 0 radical (unpaired) electrons. The third-order valence-electron chi connectivity index (χ3n) is 5.28. The zero-order chi connectivity index (χ0) is 14.8. The number of anilines is 1. The van der Waals surface area contributed by atoms with Crippen LogP contribution >= 0.6 is 0 Å². The number of hydrogen-bond acceptors (Lipinski definition) is 3. The van der Waals surface area contributed by atoms with Crippen molar-refractivity contribution in [3.63, 3.8) is 0 Å². The summed E-state index contributed by atoms with van der Waals surface area (Å²) in [7, 11) is 0. The molecule has 0 aliphatic carbocycles. The lowest BCUT2D eigenvalue weighted by Gasteiger charge is -2.18. The predicted molar refractivity (Wildman–Crippen MR) is 81.3 cm³/mol. The lowest BCUT2D eigenvalue weighted by Crippen LogP contribution is -2.34. The summed E-state index contributed by atoms with van der Waals surface area (Å²) < 4.78 is 5.77. The molecular formula is C18H15NO3. The van der Waals surface area contributed by atoms with Gasteiger partial charge in [-0.2, -0.15) is 0 Å². The van der Waals surface area contributed by atoms with E-state index in [0.717, 1.165) is 23.6 Å². The van der Waals surface area contributed by atoms with Gasteiger partial charge in [0.15, 0.2) is 0 Å². The van der Waals surface area contributed by atoms with Crippen LogP contribution in [0, 0.1) is 11.8 Å². The number of nitrogens with zero attached hydrogens (tertiary/aromatic N) is 1. The van der Waals surface area contributed by atoms with Crippen molar-refractivity contribution in [2.45, 2.75) is 25.0 Å². The standard InChI is InChI=1S/C18H15NO3/c20-17-15-13-7-8-14(22-13)16(15)18(21)19(17)12-6-5-10-3-1-2-4-11(10)9-12/h1-6,9,13-16H,7-8H2. The van der Waals surface area contributed by atoms with Crippen LogP contribution in [0.25, 0.3) is 10.8 Å². The molecular weight excluding hydrogens is 278 g/mol. The Hall–Kier alpha value is -2.20. The van der Waals surface area contributed by atoms with Gasteiger partial charge in [-0.05, 0) is 35.7 Å². The van der Waals surface area contributed by atoms with E-state index in [1.165, 1.54) is 4.90 Å². The van der Waals surface area contributed by atoms with Crippen molar-refractivity contribution < 1.29 is 14.3 Å². The molecule has 0 saturated carbocycles. The van der Waals surface area contributed by atoms with E-state index in [2.05, 4.69) is 0 Å². The largest absolute Gasteiger partial charge is 0.373 e. The number of fused-ring (bicyclic) bond motifs is 6. The smallest absolute Gasteiger partial charge is 0.240 e. The van der Waals surface area contributed by atoms with Crippen LogP contribution in [0.5, 0.6) is 0 Å². The number of rotatable bonds is 1. The van der Waals surface area contributed by atoms with Crippen molar-refractivity contribution in [1.29, 1.82) is 0 Å². The fourth-order valence-corrected chi connectivity index (χ4v) is 4.28. The molecule has 4 nitrogen and oxygen atoms in total. The van der Waals surface area contributed by atoms with Crippen molar-refractivity contribution in [2.24, 2.45) is 11.8 Å². The molecule has 2 aromatic rings. The number of benzene rings is 2. The van der Waals surface area contributed by atoms with Gasteiger partial charge in [-0.3, -0.25) is 9.59 Å². The Labute approximate surface area is 127 Å². The third-order valence-corrected chi connectivity index (χ3v) is 5.28. The highest BCUT2D eigenvalue weighted by Crippen LogP contribution is 2.49. The van der Waals surface area contributed by atoms with Gasteiger partial charge in [-0.25, -0.2) is 4.90 Å². The fraction of sp³-hybridized carbons (Fsp3) is 0.333. The van der Waals surface area contributed by atoms with Gasteiger partial charge in [0.1, 0.15) is 0 Å². The van der Waals surface area contributed by atoms with Gasteiger partial charge in [-0.15, -0.1) is 0 Å². The van der Waals surface area contributed by atoms with E-state index < -0.39 is 0 Å². The first-order valence-electron chi connectivity index (χ1n) is 7.76. The second-order valence-corrected chi connectivity index (χ2v) is 6.39. The van der Waals surface area contributed by atoms with E-state index in [1.807, 2.05) is 42.5 Å². The maximum absolute atomic E-state index is 12.7. The topological polar surface area (TPSA) is 46.6 Å². The second-order valence-electron chi connectivity index (χ2n) is 6.39. The zero-order valence-electron chi connectivity index (χ0n) is 11.9. The van der Waals surface area contributed by atoms with Crippen LogP contribution < -0.4 is 4.90 Å². The van der Waals surface area contributed by atoms with E-state index in [9.17, 15) is 9.59 Å². The maximum Gasteiger partial charge on any atom is 0.240 e. The average molecular weight is 293 g/mol. The predicted octanol–water partition coefficient (Wildman–Crippen LogP) is 2.51. The number of amides is 2. The molecule has 110 valence electrons. The molecule has 3 fully saturated rings. The number of imide groups is 1. The summed E-state index contributed by atoms with van der Waals surface area (Å²) in [4.78, 5) is 26.9. The normalized spacial score (nSPS) is 33.0. The summed E-state index contributed by atoms with van der Waals surface area (Å²) >= 11 is 0. The molecule has 3 saturated heterocycles. The number of ether oxygens (including phenoxy) is 1. The summed E-state index contributed by atoms with van der Waals surface area (Å²) in [6.45, 7) is 0. The molecule has 0 N–H and O–H groups in total. The van der Waals surface area contributed by atoms with E-state index >= 15 is 0 Å². The van der Waals surface area contributed by atoms with Crippen LogP contribution in [0.1, 0.15) is 12.8 Å². The van der Waals surface area contributed by atoms with E-state index in [0.29, 0.717) is 5.69 Å². The molecule has 4 heteroatoms. The highest BCUT2D eigenvalue weighted by atomic mass is 16.5. The number of carbonyl (C=O) groups is 2. The monoisotopic (exact) mass is 293 g/mol. The van der Waals surface area contributed by atoms with Crippen molar-refractivity contribution in [3.05, 3.63) is 42.5 Å². The SMILES string of the molecule is O=C1C2C3CCC(O3)C2C(=O)N1c1ccc2ccccc2c1. The molecule has 0 spiro atoms. The number of hydrogen-bond donors (Lipinski definition) is 0. The highest BCUT2D eigenvalue weighted by Gasteiger charge is 2.62. The minimum Gasteiger partial charge on any atom is -0.373 e. The van der Waals surface area contributed by atoms with Gasteiger partial charge in [0.25, 0.3) is 0 Å². The van der Waals surface area contributed by atoms with Crippen LogP contribution in [0.2, 0.25) is 0 Å². The third kappa shape index (κ3) is 1.45. The minimum atomic E-state index is -0.266. The number of carbonyl (C=O) groups excluding carboxylic acids is 2. The van der Waals surface area contributed by atoms with Crippen molar-refractivity contribution in [1.82, 2.24) is 0 Å². The molecule has 4 atom stereocenters. The molecule has 2 aromatic carbocycles. The molecule has 2 amide bonds. The molecule has 3 heterocycles. The summed E-state index contributed by atoms with van der Waals surface area (Å²) in [5.74, 6) is -0.703. The molecule has 2 bridgehead atoms. The van der Waals surface area contributed by atoms with E-state index in [4.69, 9.17) is 4.74 Å². The first-order valence-corrected chi connectivity index (χ1v) is 7.76. The van der Waals surface area contributed by atoms with Gasteiger partial charge in [0.2, 0.25) is 11.8 Å². The minimum absolute atomic E-state index is 0.0584. The molecule has 3 aliphatic rings. The van der Waals surface area contributed by atoms with Crippen LogP contribution in [0.4, 0.5) is 5.69 Å². The molecule has 5 rings (SSSR count). The summed E-state index contributed by atoms with van der Waals surface area (Å²) in [6.07, 6.45) is 1.68. The molecule has 0 aromatic heterocycles. The van der Waals surface area contributed by atoms with Crippen LogP contribution in [-0.4, -0.2) is 24.0 Å². The van der Waals surface area contributed by atoms with Gasteiger partial charge >= 0.3 is 0 Å². The Bertz CT molecular complexity index is 787. The molecule has 22 heavy (non-hydrogen) atoms. The van der Waals surface area contributed by atoms with Crippen LogP contribution in [0.15, 0.2) is 42.5 Å². The fourth-order valence-electron chi connectivity index (χ4n) is 4.28. The van der Waals surface area contributed by atoms with Crippen molar-refractivity contribution >= 4 is 28.3 Å². The Morgan fingerprint density at radius 3 is 2.18 bits per heavy atom. The van der Waals surface area contributed by atoms with Gasteiger partial charge in [0, 0.05) is 0 Å². The maximum atomic E-state index is 12.7. The van der Waals surface area contributed by atoms with Gasteiger partial charge in [0.05, 0.1) is 29.7 Å². The summed E-state index contributed by atoms with van der Waals surface area (Å²) in [6, 6.07) is 13.7. The second kappa shape index (κ2) is 4.17. The molecule has 3 aliphatic heterocycles. The van der Waals surface area contributed by atoms with Gasteiger partial charge < -0.3 is 4.74 Å². The first kappa shape index (κ1) is 12.4. The van der Waals surface area contributed by atoms with Crippen LogP contribution in [0.3, 0.4) is 0 Å². The highest BCUT2D eigenvalue weighted by molar-refractivity contribution is 6.23. The van der Waals surface area contributed by atoms with E-state index in [-0.39, 0.29) is 35.9 Å². The quantitative estimate of drug-likeness (QED) is 0.759. The Balaban J connectivity index is 1.59. The Morgan fingerprint density at radius 1 is 0.864 bits per heavy atom. The summed E-state index contributed by atoms with van der Waals surface area (Å²) in [5.41, 5.74) is 0.683. The van der Waals surface area contributed by atoms with Crippen molar-refractivity contribution in [3.8, 4) is 0 Å². The summed E-state index contributed by atoms with van der Waals surface area (Å²) in [5, 5.41) is 2.14.